The zero-order valence-electron chi connectivity index (χ0n) is 18.3. The largest absolute Gasteiger partial charge is 0.350 e. The van der Waals surface area contributed by atoms with Crippen molar-refractivity contribution in [1.29, 1.82) is 5.26 Å². The lowest BCUT2D eigenvalue weighted by molar-refractivity contribution is -0.127. The number of Topliss-reactive ketones (excluding diaryl/α,β-unsaturated/α-hetero) is 2. The molecule has 4 rings (SSSR count). The molecule has 2 fully saturated rings. The van der Waals surface area contributed by atoms with Gasteiger partial charge >= 0.3 is 0 Å². The first-order chi connectivity index (χ1) is 15.9. The number of H-pyrrole nitrogens is 1. The van der Waals surface area contributed by atoms with Crippen molar-refractivity contribution in [3.8, 4) is 6.07 Å². The predicted molar refractivity (Wildman–Crippen MR) is 122 cm³/mol. The number of nitriles is 1. The number of benzene rings is 1. The van der Waals surface area contributed by atoms with Gasteiger partial charge in [-0.3, -0.25) is 14.4 Å². The molecule has 0 unspecified atom stereocenters. The molecule has 2 saturated carbocycles. The Hall–Kier alpha value is -2.72. The van der Waals surface area contributed by atoms with Crippen molar-refractivity contribution in [1.82, 2.24) is 10.3 Å². The molecule has 2 aliphatic carbocycles. The summed E-state index contributed by atoms with van der Waals surface area (Å²) in [5.41, 5.74) is 0.389. The van der Waals surface area contributed by atoms with Gasteiger partial charge in [0, 0.05) is 30.1 Å². The maximum atomic E-state index is 14.3. The molecule has 0 aliphatic heterocycles. The van der Waals surface area contributed by atoms with E-state index in [1.54, 1.807) is 12.1 Å². The number of rotatable bonds is 9. The topological polar surface area (TPSA) is 103 Å². The maximum absolute atomic E-state index is 14.3. The second-order valence-corrected chi connectivity index (χ2v) is 9.75. The molecule has 33 heavy (non-hydrogen) atoms. The number of hydrogen-bond acceptors (Lipinski definition) is 4. The van der Waals surface area contributed by atoms with E-state index in [2.05, 4.69) is 16.4 Å². The molecule has 2 aromatic rings. The lowest BCUT2D eigenvalue weighted by Crippen LogP contribution is -2.41. The average Bonchev–Trinajstić information content (AvgIpc) is 3.51. The number of aromatic nitrogens is 1. The second-order valence-electron chi connectivity index (χ2n) is 9.35. The number of nitrogens with one attached hydrogen (secondary N) is 2. The van der Waals surface area contributed by atoms with Gasteiger partial charge in [-0.25, -0.2) is 4.39 Å². The molecule has 0 spiro atoms. The fourth-order valence-corrected chi connectivity index (χ4v) is 4.84. The molecule has 2 aliphatic rings. The average molecular weight is 472 g/mol. The van der Waals surface area contributed by atoms with Crippen molar-refractivity contribution in [2.24, 2.45) is 17.8 Å². The summed E-state index contributed by atoms with van der Waals surface area (Å²) in [7, 11) is 0. The van der Waals surface area contributed by atoms with Crippen LogP contribution in [0.3, 0.4) is 0 Å². The van der Waals surface area contributed by atoms with E-state index in [4.69, 9.17) is 11.6 Å². The lowest BCUT2D eigenvalue weighted by Gasteiger charge is -2.24. The summed E-state index contributed by atoms with van der Waals surface area (Å²) < 4.78 is 14.3. The number of carbonyl (C=O) groups excluding carboxylic acids is 3. The lowest BCUT2D eigenvalue weighted by atomic mass is 9.83. The highest BCUT2D eigenvalue weighted by atomic mass is 35.5. The fraction of sp³-hybridized carbons (Fsp3) is 0.520. The molecule has 1 aromatic heterocycles. The Balaban J connectivity index is 1.44. The zero-order chi connectivity index (χ0) is 23.5. The molecule has 8 heteroatoms. The summed E-state index contributed by atoms with van der Waals surface area (Å²) in [6.45, 7) is 0. The number of aromatic amines is 1. The summed E-state index contributed by atoms with van der Waals surface area (Å²) in [6, 6.07) is 5.98. The smallest absolute Gasteiger partial charge is 0.224 e. The van der Waals surface area contributed by atoms with Gasteiger partial charge < -0.3 is 10.3 Å². The predicted octanol–water partition coefficient (Wildman–Crippen LogP) is 5.11. The van der Waals surface area contributed by atoms with E-state index in [0.29, 0.717) is 30.6 Å². The third kappa shape index (κ3) is 5.62. The van der Waals surface area contributed by atoms with Crippen LogP contribution in [-0.4, -0.2) is 28.5 Å². The Labute approximate surface area is 196 Å². The highest BCUT2D eigenvalue weighted by Crippen LogP contribution is 2.37. The quantitative estimate of drug-likeness (QED) is 0.496. The van der Waals surface area contributed by atoms with Crippen LogP contribution in [0.25, 0.3) is 10.9 Å². The third-order valence-corrected chi connectivity index (χ3v) is 7.07. The normalized spacial score (nSPS) is 20.3. The number of hydrogen-bond donors (Lipinski definition) is 2. The minimum Gasteiger partial charge on any atom is -0.350 e. The minimum atomic E-state index is -0.759. The minimum absolute atomic E-state index is 0.0340. The molecule has 1 heterocycles. The Morgan fingerprint density at radius 3 is 2.73 bits per heavy atom. The van der Waals surface area contributed by atoms with Gasteiger partial charge in [0.05, 0.1) is 22.3 Å². The Morgan fingerprint density at radius 2 is 2.03 bits per heavy atom. The number of carbonyl (C=O) groups is 3. The molecule has 0 bridgehead atoms. The molecule has 6 nitrogen and oxygen atoms in total. The molecule has 0 saturated heterocycles. The van der Waals surface area contributed by atoms with Crippen molar-refractivity contribution >= 4 is 40.0 Å². The van der Waals surface area contributed by atoms with Crippen LogP contribution in [0.4, 0.5) is 4.39 Å². The van der Waals surface area contributed by atoms with Gasteiger partial charge in [0.25, 0.3) is 0 Å². The Morgan fingerprint density at radius 1 is 1.24 bits per heavy atom. The van der Waals surface area contributed by atoms with Crippen LogP contribution in [0.15, 0.2) is 18.2 Å². The van der Waals surface area contributed by atoms with Crippen LogP contribution in [0.1, 0.15) is 68.3 Å². The van der Waals surface area contributed by atoms with Gasteiger partial charge in [-0.2, -0.15) is 5.26 Å². The first-order valence-corrected chi connectivity index (χ1v) is 12.0. The van der Waals surface area contributed by atoms with Gasteiger partial charge in [-0.05, 0) is 43.7 Å². The number of ketones is 2. The number of amides is 1. The van der Waals surface area contributed by atoms with E-state index in [0.717, 1.165) is 32.1 Å². The Bertz CT molecular complexity index is 1120. The van der Waals surface area contributed by atoms with Gasteiger partial charge in [-0.15, -0.1) is 0 Å². The first kappa shape index (κ1) is 23.4. The zero-order valence-corrected chi connectivity index (χ0v) is 19.1. The molecular weight excluding hydrogens is 445 g/mol. The molecular formula is C25H27ClFN3O3. The monoisotopic (exact) mass is 471 g/mol. The van der Waals surface area contributed by atoms with Crippen LogP contribution in [0.2, 0.25) is 5.02 Å². The number of fused-ring (bicyclic) bond motifs is 1. The summed E-state index contributed by atoms with van der Waals surface area (Å²) in [6.07, 6.45) is 6.01. The first-order valence-electron chi connectivity index (χ1n) is 11.6. The summed E-state index contributed by atoms with van der Waals surface area (Å²) in [5.74, 6) is -1.47. The summed E-state index contributed by atoms with van der Waals surface area (Å²) in [5, 5.41) is 12.8. The highest BCUT2D eigenvalue weighted by Gasteiger charge is 2.33. The van der Waals surface area contributed by atoms with E-state index in [1.807, 2.05) is 0 Å². The molecule has 174 valence electrons. The summed E-state index contributed by atoms with van der Waals surface area (Å²) >= 11 is 5.83. The van der Waals surface area contributed by atoms with Crippen LogP contribution in [-0.2, 0) is 9.59 Å². The molecule has 2 N–H and O–H groups in total. The highest BCUT2D eigenvalue weighted by molar-refractivity contribution is 6.31. The fourth-order valence-electron chi connectivity index (χ4n) is 4.68. The van der Waals surface area contributed by atoms with Crippen LogP contribution >= 0.6 is 11.6 Å². The van der Waals surface area contributed by atoms with E-state index in [-0.39, 0.29) is 46.0 Å². The van der Waals surface area contributed by atoms with E-state index in [1.165, 1.54) is 6.07 Å². The van der Waals surface area contributed by atoms with E-state index >= 15 is 0 Å². The molecule has 1 amide bonds. The number of nitrogens with zero attached hydrogens (tertiary/aromatic N) is 1. The van der Waals surface area contributed by atoms with Gasteiger partial charge in [0.1, 0.15) is 11.8 Å². The third-order valence-electron chi connectivity index (χ3n) is 6.78. The molecule has 3 atom stereocenters. The van der Waals surface area contributed by atoms with Crippen molar-refractivity contribution < 1.29 is 18.8 Å². The van der Waals surface area contributed by atoms with E-state index < -0.39 is 17.8 Å². The van der Waals surface area contributed by atoms with Crippen molar-refractivity contribution in [3.05, 3.63) is 34.7 Å². The van der Waals surface area contributed by atoms with Crippen molar-refractivity contribution in [3.63, 3.8) is 0 Å². The molecule has 0 radical (unpaired) electrons. The van der Waals surface area contributed by atoms with E-state index in [9.17, 15) is 24.0 Å². The van der Waals surface area contributed by atoms with Crippen LogP contribution in [0, 0.1) is 34.9 Å². The second kappa shape index (κ2) is 10.0. The standard InChI is InChI=1S/C25H27ClFN3O3/c26-19-8-7-16-11-20(30-24(16)23(19)27)22(32)12-17(9-14-5-6-14)25(33)29-18(13-28)10-15-3-1-2-4-21(15)31/h7-8,11,14-15,17-18,30H,1-6,9-10,12H2,(H,29,33)/t15-,17+,18-/m0/s1. The van der Waals surface area contributed by atoms with Crippen LogP contribution in [0.5, 0.6) is 0 Å². The number of halogens is 2. The van der Waals surface area contributed by atoms with Crippen molar-refractivity contribution in [2.45, 2.75) is 63.8 Å². The SMILES string of the molecule is N#C[C@H](C[C@@H]1CCCCC1=O)NC(=O)[C@@H](CC(=O)c1cc2ccc(Cl)c(F)c2[nH]1)CC1CC1. The summed E-state index contributed by atoms with van der Waals surface area (Å²) in [4.78, 5) is 40.9. The Kier molecular flexibility index (Phi) is 7.14. The van der Waals surface area contributed by atoms with Crippen molar-refractivity contribution in [2.75, 3.05) is 0 Å². The molecule has 1 aromatic carbocycles. The van der Waals surface area contributed by atoms with Gasteiger partial charge in [-0.1, -0.05) is 36.9 Å². The van der Waals surface area contributed by atoms with Crippen LogP contribution < -0.4 is 5.32 Å². The van der Waals surface area contributed by atoms with Gasteiger partial charge in [0.15, 0.2) is 11.6 Å². The maximum Gasteiger partial charge on any atom is 0.224 e. The van der Waals surface area contributed by atoms with Gasteiger partial charge in [0.2, 0.25) is 5.91 Å².